The third-order valence-corrected chi connectivity index (χ3v) is 2.88. The Kier molecular flexibility index (Phi) is 4.14. The molecular weight excluding hydrogens is 253 g/mol. The van der Waals surface area contributed by atoms with Crippen LogP contribution in [0.4, 0.5) is 10.1 Å². The van der Waals surface area contributed by atoms with E-state index >= 15 is 0 Å². The second kappa shape index (κ2) is 5.26. The normalized spacial score (nSPS) is 11.0. The van der Waals surface area contributed by atoms with E-state index < -0.39 is 23.1 Å². The standard InChI is InChI=1S/C13H16FNO4/c1-13(2,12(17)18)11(16)15(3)9-7-8(14)5-6-10(9)19-4/h5-7H,1-4H3,(H,17,18). The van der Waals surface area contributed by atoms with Gasteiger partial charge in [-0.05, 0) is 26.0 Å². The molecule has 104 valence electrons. The van der Waals surface area contributed by atoms with E-state index in [1.807, 2.05) is 0 Å². The molecule has 0 unspecified atom stereocenters. The van der Waals surface area contributed by atoms with Crippen LogP contribution in [0.1, 0.15) is 13.8 Å². The lowest BCUT2D eigenvalue weighted by molar-refractivity contribution is -0.152. The molecule has 1 N–H and O–H groups in total. The summed E-state index contributed by atoms with van der Waals surface area (Å²) in [6.45, 7) is 2.58. The molecule has 0 heterocycles. The molecule has 0 saturated heterocycles. The van der Waals surface area contributed by atoms with Gasteiger partial charge >= 0.3 is 5.97 Å². The maximum Gasteiger partial charge on any atom is 0.318 e. The number of carboxylic acids is 1. The number of carboxylic acid groups (broad SMARTS) is 1. The molecule has 19 heavy (non-hydrogen) atoms. The smallest absolute Gasteiger partial charge is 0.318 e. The van der Waals surface area contributed by atoms with E-state index in [4.69, 9.17) is 9.84 Å². The number of methoxy groups -OCH3 is 1. The van der Waals surface area contributed by atoms with Gasteiger partial charge in [0.15, 0.2) is 0 Å². The van der Waals surface area contributed by atoms with Crippen molar-refractivity contribution in [3.8, 4) is 5.75 Å². The summed E-state index contributed by atoms with van der Waals surface area (Å²) in [6.07, 6.45) is 0. The number of halogens is 1. The van der Waals surface area contributed by atoms with Gasteiger partial charge in [0.25, 0.3) is 0 Å². The first-order valence-electron chi connectivity index (χ1n) is 5.57. The molecule has 0 radical (unpaired) electrons. The summed E-state index contributed by atoms with van der Waals surface area (Å²) >= 11 is 0. The highest BCUT2D eigenvalue weighted by molar-refractivity contribution is 6.09. The first kappa shape index (κ1) is 14.9. The Morgan fingerprint density at radius 2 is 1.95 bits per heavy atom. The van der Waals surface area contributed by atoms with Gasteiger partial charge in [0.1, 0.15) is 17.0 Å². The highest BCUT2D eigenvalue weighted by atomic mass is 19.1. The fourth-order valence-corrected chi connectivity index (χ4v) is 1.55. The molecule has 0 saturated carbocycles. The monoisotopic (exact) mass is 269 g/mol. The maximum atomic E-state index is 13.3. The van der Waals surface area contributed by atoms with E-state index in [1.165, 1.54) is 40.1 Å². The molecule has 1 aromatic carbocycles. The first-order chi connectivity index (χ1) is 8.71. The van der Waals surface area contributed by atoms with Crippen LogP contribution in [0.3, 0.4) is 0 Å². The summed E-state index contributed by atoms with van der Waals surface area (Å²) in [4.78, 5) is 24.3. The third-order valence-electron chi connectivity index (χ3n) is 2.88. The zero-order chi connectivity index (χ0) is 14.8. The number of benzene rings is 1. The van der Waals surface area contributed by atoms with Crippen LogP contribution in [-0.2, 0) is 9.59 Å². The number of ether oxygens (including phenoxy) is 1. The van der Waals surface area contributed by atoms with Crippen LogP contribution in [0, 0.1) is 11.2 Å². The van der Waals surface area contributed by atoms with Gasteiger partial charge in [0, 0.05) is 13.1 Å². The summed E-state index contributed by atoms with van der Waals surface area (Å²) < 4.78 is 18.3. The van der Waals surface area contributed by atoms with Gasteiger partial charge in [0.2, 0.25) is 5.91 Å². The Morgan fingerprint density at radius 3 is 2.42 bits per heavy atom. The summed E-state index contributed by atoms with van der Waals surface area (Å²) in [5.41, 5.74) is -1.42. The molecule has 0 fully saturated rings. The van der Waals surface area contributed by atoms with E-state index in [9.17, 15) is 14.0 Å². The van der Waals surface area contributed by atoms with Gasteiger partial charge in [-0.1, -0.05) is 0 Å². The number of anilines is 1. The van der Waals surface area contributed by atoms with Crippen LogP contribution in [-0.4, -0.2) is 31.1 Å². The van der Waals surface area contributed by atoms with Crippen molar-refractivity contribution in [3.05, 3.63) is 24.0 Å². The number of hydrogen-bond donors (Lipinski definition) is 1. The highest BCUT2D eigenvalue weighted by Gasteiger charge is 2.39. The Hall–Kier alpha value is -2.11. The summed E-state index contributed by atoms with van der Waals surface area (Å²) in [7, 11) is 2.77. The van der Waals surface area contributed by atoms with Crippen LogP contribution in [0.15, 0.2) is 18.2 Å². The number of hydrogen-bond acceptors (Lipinski definition) is 3. The van der Waals surface area contributed by atoms with Gasteiger partial charge in [-0.25, -0.2) is 4.39 Å². The molecule has 6 heteroatoms. The van der Waals surface area contributed by atoms with Crippen molar-refractivity contribution in [2.24, 2.45) is 5.41 Å². The fourth-order valence-electron chi connectivity index (χ4n) is 1.55. The van der Waals surface area contributed by atoms with Crippen molar-refractivity contribution in [2.75, 3.05) is 19.1 Å². The molecular formula is C13H16FNO4. The minimum atomic E-state index is -1.61. The highest BCUT2D eigenvalue weighted by Crippen LogP contribution is 2.31. The average molecular weight is 269 g/mol. The minimum Gasteiger partial charge on any atom is -0.495 e. The number of carbonyl (C=O) groups excluding carboxylic acids is 1. The lowest BCUT2D eigenvalue weighted by atomic mass is 9.92. The molecule has 0 aliphatic carbocycles. The predicted molar refractivity (Wildman–Crippen MR) is 67.8 cm³/mol. The number of amides is 1. The molecule has 0 atom stereocenters. The Balaban J connectivity index is 3.20. The van der Waals surface area contributed by atoms with Crippen LogP contribution in [0.5, 0.6) is 5.75 Å². The van der Waals surface area contributed by atoms with Gasteiger partial charge < -0.3 is 14.7 Å². The van der Waals surface area contributed by atoms with E-state index in [-0.39, 0.29) is 5.69 Å². The van der Waals surface area contributed by atoms with E-state index in [0.29, 0.717) is 5.75 Å². The fraction of sp³-hybridized carbons (Fsp3) is 0.385. The van der Waals surface area contributed by atoms with Crippen LogP contribution >= 0.6 is 0 Å². The number of aliphatic carboxylic acids is 1. The second-order valence-corrected chi connectivity index (χ2v) is 4.61. The van der Waals surface area contributed by atoms with Gasteiger partial charge in [0.05, 0.1) is 12.8 Å². The molecule has 0 aromatic heterocycles. The minimum absolute atomic E-state index is 0.182. The van der Waals surface area contributed by atoms with Crippen molar-refractivity contribution in [1.82, 2.24) is 0 Å². The summed E-state index contributed by atoms with van der Waals surface area (Å²) in [5, 5.41) is 9.04. The number of nitrogens with zero attached hydrogens (tertiary/aromatic N) is 1. The molecule has 0 spiro atoms. The lowest BCUT2D eigenvalue weighted by Crippen LogP contribution is -2.43. The molecule has 1 amide bonds. The number of carbonyl (C=O) groups is 2. The number of rotatable bonds is 4. The van der Waals surface area contributed by atoms with E-state index in [0.717, 1.165) is 11.0 Å². The van der Waals surface area contributed by atoms with E-state index in [2.05, 4.69) is 0 Å². The van der Waals surface area contributed by atoms with Crippen LogP contribution in [0.2, 0.25) is 0 Å². The maximum absolute atomic E-state index is 13.3. The lowest BCUT2D eigenvalue weighted by Gasteiger charge is -2.27. The Morgan fingerprint density at radius 1 is 1.37 bits per heavy atom. The Labute approximate surface area is 110 Å². The third kappa shape index (κ3) is 2.83. The first-order valence-corrected chi connectivity index (χ1v) is 5.57. The molecule has 0 bridgehead atoms. The predicted octanol–water partition coefficient (Wildman–Crippen LogP) is 1.91. The van der Waals surface area contributed by atoms with Crippen LogP contribution < -0.4 is 9.64 Å². The largest absolute Gasteiger partial charge is 0.495 e. The van der Waals surface area contributed by atoms with Gasteiger partial charge in [-0.3, -0.25) is 9.59 Å². The Bertz CT molecular complexity index is 513. The van der Waals surface area contributed by atoms with Crippen molar-refractivity contribution in [2.45, 2.75) is 13.8 Å². The average Bonchev–Trinajstić information content (AvgIpc) is 2.36. The molecule has 0 aliphatic heterocycles. The molecule has 0 aliphatic rings. The van der Waals surface area contributed by atoms with Crippen LogP contribution in [0.25, 0.3) is 0 Å². The second-order valence-electron chi connectivity index (χ2n) is 4.61. The summed E-state index contributed by atoms with van der Waals surface area (Å²) in [6, 6.07) is 3.69. The van der Waals surface area contributed by atoms with Crippen molar-refractivity contribution in [3.63, 3.8) is 0 Å². The quantitative estimate of drug-likeness (QED) is 0.848. The van der Waals surface area contributed by atoms with Gasteiger partial charge in [-0.2, -0.15) is 0 Å². The molecule has 1 aromatic rings. The van der Waals surface area contributed by atoms with E-state index in [1.54, 1.807) is 0 Å². The summed E-state index contributed by atoms with van der Waals surface area (Å²) in [5.74, 6) is -2.16. The molecule has 1 rings (SSSR count). The van der Waals surface area contributed by atoms with Crippen molar-refractivity contribution in [1.29, 1.82) is 0 Å². The van der Waals surface area contributed by atoms with Crippen molar-refractivity contribution < 1.29 is 23.8 Å². The zero-order valence-corrected chi connectivity index (χ0v) is 11.2. The zero-order valence-electron chi connectivity index (χ0n) is 11.2. The topological polar surface area (TPSA) is 66.8 Å². The van der Waals surface area contributed by atoms with Crippen molar-refractivity contribution >= 4 is 17.6 Å². The SMILES string of the molecule is COc1ccc(F)cc1N(C)C(=O)C(C)(C)C(=O)O. The van der Waals surface area contributed by atoms with Gasteiger partial charge in [-0.15, -0.1) is 0 Å². The molecule has 5 nitrogen and oxygen atoms in total.